The van der Waals surface area contributed by atoms with Gasteiger partial charge in [-0.25, -0.2) is 0 Å². The molecule has 0 bridgehead atoms. The summed E-state index contributed by atoms with van der Waals surface area (Å²) >= 11 is 0. The molecule has 0 unspecified atom stereocenters. The van der Waals surface area contributed by atoms with Crippen molar-refractivity contribution in [3.8, 4) is 0 Å². The minimum Gasteiger partial charge on any atom is -0.324 e. The van der Waals surface area contributed by atoms with Gasteiger partial charge in [0.2, 0.25) is 0 Å². The Morgan fingerprint density at radius 3 is 1.67 bits per heavy atom. The van der Waals surface area contributed by atoms with E-state index < -0.39 is 0 Å². The standard InChI is InChI=1S/C19H34N2/c1-2-3-4-5-6-7-8-9-10-11-12-13-18-14-16-19(21-20)17-15-18/h14-17,21H,2-13,20H2,1H3. The highest BCUT2D eigenvalue weighted by Crippen LogP contribution is 2.14. The van der Waals surface area contributed by atoms with E-state index in [0.29, 0.717) is 0 Å². The highest BCUT2D eigenvalue weighted by atomic mass is 15.2. The smallest absolute Gasteiger partial charge is 0.0485 e. The molecule has 1 aromatic rings. The second-order valence-corrected chi connectivity index (χ2v) is 6.13. The van der Waals surface area contributed by atoms with Gasteiger partial charge in [0.15, 0.2) is 0 Å². The number of nitrogens with one attached hydrogen (secondary N) is 1. The van der Waals surface area contributed by atoms with Gasteiger partial charge in [-0.1, -0.05) is 83.3 Å². The quantitative estimate of drug-likeness (QED) is 0.273. The molecule has 0 atom stereocenters. The molecule has 0 spiro atoms. The highest BCUT2D eigenvalue weighted by molar-refractivity contribution is 5.43. The summed E-state index contributed by atoms with van der Waals surface area (Å²) in [6.45, 7) is 2.28. The molecule has 0 saturated carbocycles. The van der Waals surface area contributed by atoms with E-state index in [4.69, 9.17) is 5.84 Å². The molecular weight excluding hydrogens is 256 g/mol. The lowest BCUT2D eigenvalue weighted by molar-refractivity contribution is 0.549. The Bertz CT molecular complexity index is 332. The van der Waals surface area contributed by atoms with Gasteiger partial charge < -0.3 is 5.43 Å². The molecule has 2 nitrogen and oxygen atoms in total. The normalized spacial score (nSPS) is 10.8. The molecule has 0 aromatic heterocycles. The first kappa shape index (κ1) is 18.0. The van der Waals surface area contributed by atoms with Crippen molar-refractivity contribution in [2.75, 3.05) is 5.43 Å². The van der Waals surface area contributed by atoms with E-state index >= 15 is 0 Å². The van der Waals surface area contributed by atoms with Crippen molar-refractivity contribution in [1.82, 2.24) is 0 Å². The highest BCUT2D eigenvalue weighted by Gasteiger charge is 1.96. The molecule has 0 aliphatic carbocycles. The number of rotatable bonds is 13. The van der Waals surface area contributed by atoms with Crippen molar-refractivity contribution >= 4 is 5.69 Å². The fourth-order valence-corrected chi connectivity index (χ4v) is 2.76. The van der Waals surface area contributed by atoms with Crippen LogP contribution in [0.5, 0.6) is 0 Å². The minimum absolute atomic E-state index is 0.984. The molecule has 0 aliphatic heterocycles. The largest absolute Gasteiger partial charge is 0.324 e. The number of hydrazine groups is 1. The van der Waals surface area contributed by atoms with Crippen LogP contribution in [0.4, 0.5) is 5.69 Å². The maximum absolute atomic E-state index is 5.36. The molecule has 0 amide bonds. The third-order valence-corrected chi connectivity index (χ3v) is 4.19. The summed E-state index contributed by atoms with van der Waals surface area (Å²) in [5, 5.41) is 0. The van der Waals surface area contributed by atoms with Crippen LogP contribution in [0.1, 0.15) is 83.1 Å². The van der Waals surface area contributed by atoms with Crippen LogP contribution in [0.25, 0.3) is 0 Å². The first-order chi connectivity index (χ1) is 10.4. The molecule has 120 valence electrons. The van der Waals surface area contributed by atoms with Crippen LogP contribution < -0.4 is 11.3 Å². The van der Waals surface area contributed by atoms with Crippen LogP contribution in [0.3, 0.4) is 0 Å². The van der Waals surface area contributed by atoms with Crippen molar-refractivity contribution in [3.63, 3.8) is 0 Å². The van der Waals surface area contributed by atoms with E-state index in [-0.39, 0.29) is 0 Å². The zero-order valence-corrected chi connectivity index (χ0v) is 13.9. The van der Waals surface area contributed by atoms with Crippen molar-refractivity contribution in [3.05, 3.63) is 29.8 Å². The monoisotopic (exact) mass is 290 g/mol. The van der Waals surface area contributed by atoms with Gasteiger partial charge in [0, 0.05) is 5.69 Å². The van der Waals surface area contributed by atoms with Gasteiger partial charge in [-0.05, 0) is 30.5 Å². The predicted octanol–water partition coefficient (Wildman–Crippen LogP) is 5.83. The van der Waals surface area contributed by atoms with Gasteiger partial charge in [0.25, 0.3) is 0 Å². The van der Waals surface area contributed by atoms with Crippen molar-refractivity contribution in [2.45, 2.75) is 84.0 Å². The lowest BCUT2D eigenvalue weighted by atomic mass is 10.0. The number of benzene rings is 1. The number of hydrogen-bond acceptors (Lipinski definition) is 2. The number of aryl methyl sites for hydroxylation is 1. The van der Waals surface area contributed by atoms with E-state index in [0.717, 1.165) is 5.69 Å². The van der Waals surface area contributed by atoms with Gasteiger partial charge >= 0.3 is 0 Å². The van der Waals surface area contributed by atoms with Crippen molar-refractivity contribution in [2.24, 2.45) is 5.84 Å². The molecule has 0 heterocycles. The summed E-state index contributed by atoms with van der Waals surface area (Å²) in [6.07, 6.45) is 16.7. The Hall–Kier alpha value is -1.02. The maximum Gasteiger partial charge on any atom is 0.0485 e. The zero-order chi connectivity index (χ0) is 15.2. The molecular formula is C19H34N2. The molecule has 0 aliphatic rings. The van der Waals surface area contributed by atoms with Crippen LogP contribution >= 0.6 is 0 Å². The SMILES string of the molecule is CCCCCCCCCCCCCc1ccc(NN)cc1. The summed E-state index contributed by atoms with van der Waals surface area (Å²) in [5.41, 5.74) is 5.07. The first-order valence-corrected chi connectivity index (χ1v) is 8.92. The minimum atomic E-state index is 0.984. The van der Waals surface area contributed by atoms with E-state index in [1.807, 2.05) is 12.1 Å². The van der Waals surface area contributed by atoms with Crippen LogP contribution in [0, 0.1) is 0 Å². The molecule has 21 heavy (non-hydrogen) atoms. The number of unbranched alkanes of at least 4 members (excludes halogenated alkanes) is 10. The van der Waals surface area contributed by atoms with Gasteiger partial charge in [-0.3, -0.25) is 5.84 Å². The Balaban J connectivity index is 1.88. The molecule has 0 fully saturated rings. The Labute approximate surface area is 131 Å². The second-order valence-electron chi connectivity index (χ2n) is 6.13. The average Bonchev–Trinajstić information content (AvgIpc) is 2.53. The van der Waals surface area contributed by atoms with E-state index in [9.17, 15) is 0 Å². The molecule has 2 heteroatoms. The predicted molar refractivity (Wildman–Crippen MR) is 94.4 cm³/mol. The van der Waals surface area contributed by atoms with Crippen molar-refractivity contribution < 1.29 is 0 Å². The number of nitrogens with two attached hydrogens (primary N) is 1. The van der Waals surface area contributed by atoms with Crippen molar-refractivity contribution in [1.29, 1.82) is 0 Å². The Morgan fingerprint density at radius 1 is 0.714 bits per heavy atom. The van der Waals surface area contributed by atoms with Gasteiger partial charge in [-0.2, -0.15) is 0 Å². The van der Waals surface area contributed by atoms with E-state index in [1.165, 1.54) is 82.6 Å². The first-order valence-electron chi connectivity index (χ1n) is 8.92. The summed E-state index contributed by atoms with van der Waals surface area (Å²) in [4.78, 5) is 0. The molecule has 0 radical (unpaired) electrons. The zero-order valence-electron chi connectivity index (χ0n) is 13.9. The average molecular weight is 290 g/mol. The molecule has 3 N–H and O–H groups in total. The van der Waals surface area contributed by atoms with Crippen LogP contribution in [0.2, 0.25) is 0 Å². The summed E-state index contributed by atoms with van der Waals surface area (Å²) in [7, 11) is 0. The maximum atomic E-state index is 5.36. The number of hydrogen-bond donors (Lipinski definition) is 2. The summed E-state index contributed by atoms with van der Waals surface area (Å²) < 4.78 is 0. The van der Waals surface area contributed by atoms with E-state index in [1.54, 1.807) is 0 Å². The fourth-order valence-electron chi connectivity index (χ4n) is 2.76. The molecule has 1 aromatic carbocycles. The fraction of sp³-hybridized carbons (Fsp3) is 0.684. The van der Waals surface area contributed by atoms with E-state index in [2.05, 4.69) is 24.5 Å². The molecule has 1 rings (SSSR count). The van der Waals surface area contributed by atoms with Gasteiger partial charge in [0.05, 0.1) is 0 Å². The third-order valence-electron chi connectivity index (χ3n) is 4.19. The topological polar surface area (TPSA) is 38.0 Å². The number of nitrogen functional groups attached to an aromatic ring is 1. The lowest BCUT2D eigenvalue weighted by Gasteiger charge is -2.04. The lowest BCUT2D eigenvalue weighted by Crippen LogP contribution is -2.06. The second kappa shape index (κ2) is 12.7. The van der Waals surface area contributed by atoms with Crippen LogP contribution in [-0.2, 0) is 6.42 Å². The summed E-state index contributed by atoms with van der Waals surface area (Å²) in [6, 6.07) is 8.44. The Kier molecular flexibility index (Phi) is 10.9. The number of anilines is 1. The summed E-state index contributed by atoms with van der Waals surface area (Å²) in [5.74, 6) is 5.36. The molecule has 0 saturated heterocycles. The van der Waals surface area contributed by atoms with Crippen LogP contribution in [0.15, 0.2) is 24.3 Å². The van der Waals surface area contributed by atoms with Gasteiger partial charge in [0.1, 0.15) is 0 Å². The Morgan fingerprint density at radius 2 is 1.19 bits per heavy atom. The van der Waals surface area contributed by atoms with Crippen LogP contribution in [-0.4, -0.2) is 0 Å². The third kappa shape index (κ3) is 9.52. The van der Waals surface area contributed by atoms with Gasteiger partial charge in [-0.15, -0.1) is 0 Å².